The molecule has 0 spiro atoms. The van der Waals surface area contributed by atoms with Gasteiger partial charge in [-0.1, -0.05) is 19.9 Å². The summed E-state index contributed by atoms with van der Waals surface area (Å²) in [7, 11) is 0. The van der Waals surface area contributed by atoms with Gasteiger partial charge in [-0.05, 0) is 63.1 Å². The number of aryl methyl sites for hydroxylation is 2. The zero-order valence-corrected chi connectivity index (χ0v) is 21.2. The van der Waals surface area contributed by atoms with Crippen LogP contribution in [0.5, 0.6) is 0 Å². The molecule has 0 amide bonds. The second-order valence-electron chi connectivity index (χ2n) is 10.5. The van der Waals surface area contributed by atoms with Crippen LogP contribution in [0, 0.1) is 19.7 Å². The Morgan fingerprint density at radius 3 is 2.58 bits per heavy atom. The van der Waals surface area contributed by atoms with Gasteiger partial charge >= 0.3 is 0 Å². The van der Waals surface area contributed by atoms with Crippen LogP contribution in [0.3, 0.4) is 0 Å². The quantitative estimate of drug-likeness (QED) is 0.337. The Hall–Kier alpha value is -3.26. The van der Waals surface area contributed by atoms with Crippen LogP contribution < -0.4 is 0 Å². The van der Waals surface area contributed by atoms with Crippen LogP contribution in [0.1, 0.15) is 91.9 Å². The molecule has 2 atom stereocenters. The molecule has 0 bridgehead atoms. The van der Waals surface area contributed by atoms with E-state index in [1.54, 1.807) is 6.07 Å². The molecule has 6 rings (SSSR count). The monoisotopic (exact) mass is 486 g/mol. The van der Waals surface area contributed by atoms with Crippen LogP contribution in [-0.2, 0) is 4.74 Å². The first-order chi connectivity index (χ1) is 17.4. The van der Waals surface area contributed by atoms with E-state index < -0.39 is 0 Å². The molecule has 1 aromatic carbocycles. The number of aromatic nitrogens is 6. The summed E-state index contributed by atoms with van der Waals surface area (Å²) in [5.74, 6) is 0.673. The molecule has 0 N–H and O–H groups in total. The van der Waals surface area contributed by atoms with Crippen LogP contribution >= 0.6 is 0 Å². The van der Waals surface area contributed by atoms with Crippen molar-refractivity contribution in [1.82, 2.24) is 29.7 Å². The van der Waals surface area contributed by atoms with Gasteiger partial charge in [0.1, 0.15) is 22.9 Å². The summed E-state index contributed by atoms with van der Waals surface area (Å²) in [6.07, 6.45) is 7.89. The van der Waals surface area contributed by atoms with E-state index in [1.807, 2.05) is 32.2 Å². The third-order valence-corrected chi connectivity index (χ3v) is 7.44. The van der Waals surface area contributed by atoms with E-state index in [1.165, 1.54) is 12.8 Å². The first-order valence-corrected chi connectivity index (χ1v) is 12.9. The van der Waals surface area contributed by atoms with Gasteiger partial charge in [0.2, 0.25) is 0 Å². The SMILES string of the molecule is Cc1nc2nc([C@@H]3CCO[C@H](c4cnn(C5CC5)c4)C3)nc(-c3ccc(C(C)C)cc3F)c2nc1C. The lowest BCUT2D eigenvalue weighted by Crippen LogP contribution is -2.20. The third kappa shape index (κ3) is 4.28. The lowest BCUT2D eigenvalue weighted by Gasteiger charge is -2.28. The summed E-state index contributed by atoms with van der Waals surface area (Å²) in [6, 6.07) is 5.91. The molecule has 2 aliphatic rings. The first-order valence-electron chi connectivity index (χ1n) is 12.9. The molecule has 1 saturated carbocycles. The Morgan fingerprint density at radius 1 is 1.03 bits per heavy atom. The van der Waals surface area contributed by atoms with Crippen LogP contribution in [-0.4, -0.2) is 36.3 Å². The molecule has 1 aliphatic heterocycles. The lowest BCUT2D eigenvalue weighted by molar-refractivity contribution is 0.00396. The number of hydrogen-bond acceptors (Lipinski definition) is 6. The van der Waals surface area contributed by atoms with Gasteiger partial charge in [0.05, 0.1) is 29.7 Å². The van der Waals surface area contributed by atoms with Gasteiger partial charge in [0, 0.05) is 29.8 Å². The summed E-state index contributed by atoms with van der Waals surface area (Å²) < 4.78 is 23.6. The number of rotatable bonds is 5. The Balaban J connectivity index is 1.41. The largest absolute Gasteiger partial charge is 0.373 e. The Labute approximate surface area is 210 Å². The number of ether oxygens (including phenoxy) is 1. The Bertz CT molecular complexity index is 1440. The van der Waals surface area contributed by atoms with Crippen molar-refractivity contribution in [3.8, 4) is 11.3 Å². The molecule has 1 saturated heterocycles. The lowest BCUT2D eigenvalue weighted by atomic mass is 9.92. The molecule has 2 fully saturated rings. The fourth-order valence-corrected chi connectivity index (χ4v) is 4.90. The van der Waals surface area contributed by atoms with Gasteiger partial charge < -0.3 is 4.74 Å². The van der Waals surface area contributed by atoms with E-state index in [4.69, 9.17) is 24.7 Å². The Morgan fingerprint density at radius 2 is 1.83 bits per heavy atom. The first kappa shape index (κ1) is 23.2. The molecule has 8 heteroatoms. The van der Waals surface area contributed by atoms with Crippen molar-refractivity contribution in [2.24, 2.45) is 0 Å². The maximum absolute atomic E-state index is 15.4. The molecular formula is C28H31FN6O. The number of halogens is 1. The van der Waals surface area contributed by atoms with Crippen LogP contribution in [0.15, 0.2) is 30.6 Å². The zero-order chi connectivity index (χ0) is 25.0. The van der Waals surface area contributed by atoms with Crippen molar-refractivity contribution in [3.63, 3.8) is 0 Å². The fourth-order valence-electron chi connectivity index (χ4n) is 4.90. The predicted octanol–water partition coefficient (Wildman–Crippen LogP) is 6.13. The number of fused-ring (bicyclic) bond motifs is 1. The van der Waals surface area contributed by atoms with Crippen molar-refractivity contribution >= 4 is 11.2 Å². The normalized spacial score (nSPS) is 20.4. The second-order valence-corrected chi connectivity index (χ2v) is 10.5. The van der Waals surface area contributed by atoms with Gasteiger partial charge in [0.25, 0.3) is 0 Å². The van der Waals surface area contributed by atoms with Crippen LogP contribution in [0.25, 0.3) is 22.4 Å². The highest BCUT2D eigenvalue weighted by Crippen LogP contribution is 2.40. The van der Waals surface area contributed by atoms with Gasteiger partial charge in [-0.25, -0.2) is 24.3 Å². The highest BCUT2D eigenvalue weighted by molar-refractivity contribution is 5.87. The van der Waals surface area contributed by atoms with Crippen molar-refractivity contribution in [2.75, 3.05) is 6.61 Å². The zero-order valence-electron chi connectivity index (χ0n) is 21.2. The van der Waals surface area contributed by atoms with Gasteiger partial charge in [0.15, 0.2) is 5.65 Å². The molecule has 7 nitrogen and oxygen atoms in total. The fraction of sp³-hybridized carbons (Fsp3) is 0.464. The van der Waals surface area contributed by atoms with E-state index in [-0.39, 0.29) is 23.8 Å². The highest BCUT2D eigenvalue weighted by atomic mass is 19.1. The van der Waals surface area contributed by atoms with E-state index >= 15 is 4.39 Å². The Kier molecular flexibility index (Phi) is 5.79. The standard InChI is InChI=1S/C28H31FN6O/c1-15(2)18-5-8-22(23(29)11-18)25-26-28(32-17(4)16(3)31-26)34-27(33-25)19-9-10-36-24(12-19)20-13-30-35(14-20)21-6-7-21/h5,8,11,13-15,19,21,24H,6-7,9-10,12H2,1-4H3/t19-,24+/m1/s1. The van der Waals surface area contributed by atoms with Gasteiger partial charge in [-0.2, -0.15) is 5.10 Å². The minimum Gasteiger partial charge on any atom is -0.373 e. The van der Waals surface area contributed by atoms with E-state index in [0.717, 1.165) is 35.4 Å². The predicted molar refractivity (Wildman–Crippen MR) is 135 cm³/mol. The summed E-state index contributed by atoms with van der Waals surface area (Å²) in [5, 5.41) is 4.54. The van der Waals surface area contributed by atoms with E-state index in [0.29, 0.717) is 40.9 Å². The minimum absolute atomic E-state index is 0.0631. The van der Waals surface area contributed by atoms with E-state index in [9.17, 15) is 0 Å². The van der Waals surface area contributed by atoms with E-state index in [2.05, 4.69) is 29.8 Å². The molecule has 4 heterocycles. The molecule has 36 heavy (non-hydrogen) atoms. The van der Waals surface area contributed by atoms with Crippen LogP contribution in [0.2, 0.25) is 0 Å². The molecule has 3 aromatic heterocycles. The number of hydrogen-bond donors (Lipinski definition) is 0. The summed E-state index contributed by atoms with van der Waals surface area (Å²) in [5.41, 5.74) is 5.62. The maximum atomic E-state index is 15.4. The molecule has 186 valence electrons. The van der Waals surface area contributed by atoms with Crippen molar-refractivity contribution in [3.05, 3.63) is 64.7 Å². The summed E-state index contributed by atoms with van der Waals surface area (Å²) >= 11 is 0. The second kappa shape index (κ2) is 9.00. The molecule has 0 radical (unpaired) electrons. The van der Waals surface area contributed by atoms with Crippen LogP contribution in [0.4, 0.5) is 4.39 Å². The third-order valence-electron chi connectivity index (χ3n) is 7.44. The van der Waals surface area contributed by atoms with Gasteiger partial charge in [-0.3, -0.25) is 4.68 Å². The highest BCUT2D eigenvalue weighted by Gasteiger charge is 2.31. The van der Waals surface area contributed by atoms with Crippen molar-refractivity contribution in [2.45, 2.75) is 77.4 Å². The smallest absolute Gasteiger partial charge is 0.182 e. The average Bonchev–Trinajstić information content (AvgIpc) is 3.60. The maximum Gasteiger partial charge on any atom is 0.182 e. The number of benzene rings is 1. The summed E-state index contributed by atoms with van der Waals surface area (Å²) in [6.45, 7) is 8.54. The molecule has 1 aliphatic carbocycles. The van der Waals surface area contributed by atoms with Crippen molar-refractivity contribution in [1.29, 1.82) is 0 Å². The molecular weight excluding hydrogens is 455 g/mol. The van der Waals surface area contributed by atoms with Crippen molar-refractivity contribution < 1.29 is 9.13 Å². The topological polar surface area (TPSA) is 78.6 Å². The molecule has 0 unspecified atom stereocenters. The molecule has 4 aromatic rings. The average molecular weight is 487 g/mol. The summed E-state index contributed by atoms with van der Waals surface area (Å²) in [4.78, 5) is 19.2. The van der Waals surface area contributed by atoms with Gasteiger partial charge in [-0.15, -0.1) is 0 Å². The minimum atomic E-state index is -0.301. The number of nitrogens with zero attached hydrogens (tertiary/aromatic N) is 6.